The first kappa shape index (κ1) is 30.6. The van der Waals surface area contributed by atoms with E-state index in [4.69, 9.17) is 11.5 Å². The maximum atomic E-state index is 13.1. The number of thioether (sulfide) groups is 1. The van der Waals surface area contributed by atoms with Gasteiger partial charge in [-0.25, -0.2) is 4.79 Å². The molecule has 1 heterocycles. The molecule has 1 aromatic heterocycles. The van der Waals surface area contributed by atoms with Crippen molar-refractivity contribution in [2.24, 2.45) is 17.4 Å². The third-order valence-corrected chi connectivity index (χ3v) is 6.61. The van der Waals surface area contributed by atoms with Gasteiger partial charge in [0.25, 0.3) is 0 Å². The van der Waals surface area contributed by atoms with E-state index in [2.05, 4.69) is 20.9 Å². The first-order chi connectivity index (χ1) is 17.9. The average Bonchev–Trinajstić information content (AvgIpc) is 3.26. The Morgan fingerprint density at radius 1 is 1.00 bits per heavy atom. The Morgan fingerprint density at radius 3 is 2.26 bits per heavy atom. The van der Waals surface area contributed by atoms with Crippen molar-refractivity contribution in [2.75, 3.05) is 12.0 Å². The Balaban J connectivity index is 2.14. The van der Waals surface area contributed by atoms with Crippen LogP contribution >= 0.6 is 11.8 Å². The number of H-pyrrole nitrogens is 1. The van der Waals surface area contributed by atoms with E-state index < -0.39 is 66.1 Å². The number of nitrogens with one attached hydrogen (secondary N) is 4. The summed E-state index contributed by atoms with van der Waals surface area (Å²) >= 11 is 1.50. The topological polar surface area (TPSA) is 209 Å². The second kappa shape index (κ2) is 14.4. The lowest BCUT2D eigenvalue weighted by Gasteiger charge is -2.26. The van der Waals surface area contributed by atoms with Crippen LogP contribution in [0.2, 0.25) is 0 Å². The van der Waals surface area contributed by atoms with Gasteiger partial charge in [0.15, 0.2) is 0 Å². The smallest absolute Gasteiger partial charge is 0.326 e. The van der Waals surface area contributed by atoms with Crippen LogP contribution in [0.15, 0.2) is 30.5 Å². The minimum atomic E-state index is -1.35. The summed E-state index contributed by atoms with van der Waals surface area (Å²) in [4.78, 5) is 65.2. The largest absolute Gasteiger partial charge is 0.480 e. The number of carboxylic acids is 1. The summed E-state index contributed by atoms with van der Waals surface area (Å²) < 4.78 is 0. The third kappa shape index (κ3) is 8.77. The average molecular weight is 549 g/mol. The summed E-state index contributed by atoms with van der Waals surface area (Å²) in [6, 6.07) is 2.72. The highest BCUT2D eigenvalue weighted by Gasteiger charge is 2.32. The highest BCUT2D eigenvalue weighted by Crippen LogP contribution is 2.19. The second-order valence-electron chi connectivity index (χ2n) is 9.31. The molecule has 0 aliphatic rings. The molecule has 2 aromatic rings. The standard InChI is InChI=1S/C25H36N6O6S/c1-13(2)21(31-23(34)18(11-20(27)32)29-22(33)16(26)8-9-38-3)24(35)30-19(25(36)37)10-14-12-28-17-7-5-4-6-15(14)17/h4-7,12-13,16,18-19,21,28H,8-11,26H2,1-3H3,(H2,27,32)(H,29,33)(H,30,35)(H,31,34)(H,36,37). The predicted molar refractivity (Wildman–Crippen MR) is 145 cm³/mol. The van der Waals surface area contributed by atoms with E-state index in [0.29, 0.717) is 17.7 Å². The Bertz CT molecular complexity index is 1150. The molecule has 0 saturated carbocycles. The van der Waals surface area contributed by atoms with Crippen molar-refractivity contribution >= 4 is 52.3 Å². The van der Waals surface area contributed by atoms with E-state index in [1.54, 1.807) is 20.0 Å². The van der Waals surface area contributed by atoms with Crippen LogP contribution in [0, 0.1) is 5.92 Å². The van der Waals surface area contributed by atoms with Crippen LogP contribution in [0.5, 0.6) is 0 Å². The van der Waals surface area contributed by atoms with Crippen LogP contribution in [0.1, 0.15) is 32.3 Å². The predicted octanol–water partition coefficient (Wildman–Crippen LogP) is -0.139. The van der Waals surface area contributed by atoms with Gasteiger partial charge in [-0.3, -0.25) is 19.2 Å². The normalized spacial score (nSPS) is 14.3. The van der Waals surface area contributed by atoms with Gasteiger partial charge in [-0.1, -0.05) is 32.0 Å². The number of aliphatic carboxylic acids is 1. The molecule has 0 aliphatic heterocycles. The fourth-order valence-corrected chi connectivity index (χ4v) is 4.33. The zero-order valence-corrected chi connectivity index (χ0v) is 22.5. The van der Waals surface area contributed by atoms with Crippen LogP contribution in [0.4, 0.5) is 0 Å². The highest BCUT2D eigenvalue weighted by atomic mass is 32.2. The molecule has 1 aromatic carbocycles. The molecule has 0 aliphatic carbocycles. The second-order valence-corrected chi connectivity index (χ2v) is 10.3. The number of para-hydroxylation sites is 1. The molecule has 4 unspecified atom stereocenters. The monoisotopic (exact) mass is 548 g/mol. The number of fused-ring (bicyclic) bond motifs is 1. The molecule has 0 fully saturated rings. The highest BCUT2D eigenvalue weighted by molar-refractivity contribution is 7.98. The van der Waals surface area contributed by atoms with Gasteiger partial charge in [-0.2, -0.15) is 11.8 Å². The maximum Gasteiger partial charge on any atom is 0.326 e. The van der Waals surface area contributed by atoms with Crippen molar-refractivity contribution in [3.63, 3.8) is 0 Å². The number of nitrogens with two attached hydrogens (primary N) is 2. The number of amides is 4. The molecule has 2 rings (SSSR count). The van der Waals surface area contributed by atoms with Crippen LogP contribution in [-0.4, -0.2) is 75.9 Å². The number of carbonyl (C=O) groups excluding carboxylic acids is 4. The minimum Gasteiger partial charge on any atom is -0.480 e. The molecule has 9 N–H and O–H groups in total. The number of carbonyl (C=O) groups is 5. The minimum absolute atomic E-state index is 0.0120. The molecule has 13 heteroatoms. The van der Waals surface area contributed by atoms with Crippen molar-refractivity contribution in [1.82, 2.24) is 20.9 Å². The zero-order chi connectivity index (χ0) is 28.4. The van der Waals surface area contributed by atoms with Crippen molar-refractivity contribution in [2.45, 2.75) is 57.3 Å². The summed E-state index contributed by atoms with van der Waals surface area (Å²) in [5, 5.41) is 18.1. The molecule has 12 nitrogen and oxygen atoms in total. The SMILES string of the molecule is CSCCC(N)C(=O)NC(CC(N)=O)C(=O)NC(C(=O)NC(Cc1c[nH]c2ccccc12)C(=O)O)C(C)C. The number of aromatic amines is 1. The van der Waals surface area contributed by atoms with Crippen molar-refractivity contribution < 1.29 is 29.1 Å². The van der Waals surface area contributed by atoms with Gasteiger partial charge in [-0.15, -0.1) is 0 Å². The zero-order valence-electron chi connectivity index (χ0n) is 21.7. The molecule has 0 radical (unpaired) electrons. The number of benzene rings is 1. The van der Waals surface area contributed by atoms with Gasteiger partial charge in [0.2, 0.25) is 23.6 Å². The number of rotatable bonds is 15. The lowest BCUT2D eigenvalue weighted by Crippen LogP contribution is -2.59. The fourth-order valence-electron chi connectivity index (χ4n) is 3.84. The Kier molecular flexibility index (Phi) is 11.6. The summed E-state index contributed by atoms with van der Waals surface area (Å²) in [5.74, 6) is -4.06. The summed E-state index contributed by atoms with van der Waals surface area (Å²) in [6.45, 7) is 3.33. The van der Waals surface area contributed by atoms with Gasteiger partial charge in [0.05, 0.1) is 12.5 Å². The van der Waals surface area contributed by atoms with Crippen LogP contribution in [0.3, 0.4) is 0 Å². The molecule has 0 spiro atoms. The van der Waals surface area contributed by atoms with Gasteiger partial charge in [0.1, 0.15) is 18.1 Å². The Hall–Kier alpha value is -3.58. The van der Waals surface area contributed by atoms with Gasteiger partial charge in [0, 0.05) is 23.5 Å². The van der Waals surface area contributed by atoms with Crippen molar-refractivity contribution in [1.29, 1.82) is 0 Å². The molecular weight excluding hydrogens is 512 g/mol. The van der Waals surface area contributed by atoms with Crippen molar-refractivity contribution in [3.8, 4) is 0 Å². The van der Waals surface area contributed by atoms with Gasteiger partial charge < -0.3 is 37.5 Å². The number of aromatic nitrogens is 1. The summed E-state index contributed by atoms with van der Waals surface area (Å²) in [6.07, 6.45) is 3.42. The van der Waals surface area contributed by atoms with Crippen LogP contribution in [0.25, 0.3) is 10.9 Å². The third-order valence-electron chi connectivity index (χ3n) is 5.97. The molecule has 4 amide bonds. The fraction of sp³-hybridized carbons (Fsp3) is 0.480. The van der Waals surface area contributed by atoms with Crippen LogP contribution < -0.4 is 27.4 Å². The first-order valence-electron chi connectivity index (χ1n) is 12.2. The van der Waals surface area contributed by atoms with E-state index in [0.717, 1.165) is 10.9 Å². The lowest BCUT2D eigenvalue weighted by atomic mass is 10.0. The quantitative estimate of drug-likeness (QED) is 0.159. The molecule has 4 atom stereocenters. The van der Waals surface area contributed by atoms with E-state index in [-0.39, 0.29) is 6.42 Å². The maximum absolute atomic E-state index is 13.1. The van der Waals surface area contributed by atoms with Gasteiger partial charge >= 0.3 is 5.97 Å². The van der Waals surface area contributed by atoms with E-state index >= 15 is 0 Å². The number of hydrogen-bond donors (Lipinski definition) is 7. The van der Waals surface area contributed by atoms with E-state index in [1.807, 2.05) is 30.5 Å². The molecule has 0 bridgehead atoms. The lowest BCUT2D eigenvalue weighted by molar-refractivity contribution is -0.142. The molecular formula is C25H36N6O6S. The molecule has 208 valence electrons. The number of primary amides is 1. The molecule has 38 heavy (non-hydrogen) atoms. The first-order valence-corrected chi connectivity index (χ1v) is 13.6. The molecule has 0 saturated heterocycles. The Morgan fingerprint density at radius 2 is 1.66 bits per heavy atom. The Labute approximate surface area is 225 Å². The summed E-state index contributed by atoms with van der Waals surface area (Å²) in [7, 11) is 0. The van der Waals surface area contributed by atoms with E-state index in [9.17, 15) is 29.1 Å². The number of hydrogen-bond acceptors (Lipinski definition) is 7. The van der Waals surface area contributed by atoms with Crippen LogP contribution in [-0.2, 0) is 30.4 Å². The van der Waals surface area contributed by atoms with E-state index in [1.165, 1.54) is 11.8 Å². The van der Waals surface area contributed by atoms with Gasteiger partial charge in [-0.05, 0) is 36.0 Å². The summed E-state index contributed by atoms with van der Waals surface area (Å²) in [5.41, 5.74) is 12.7. The number of carboxylic acid groups (broad SMARTS) is 1. The van der Waals surface area contributed by atoms with Crippen molar-refractivity contribution in [3.05, 3.63) is 36.0 Å².